The first-order valence-corrected chi connectivity index (χ1v) is 7.39. The minimum atomic E-state index is -0.319. The Kier molecular flexibility index (Phi) is 4.55. The normalized spacial score (nSPS) is 18.3. The Morgan fingerprint density at radius 3 is 2.79 bits per heavy atom. The van der Waals surface area contributed by atoms with Crippen molar-refractivity contribution in [1.29, 1.82) is 0 Å². The molecule has 0 atom stereocenters. The fourth-order valence-electron chi connectivity index (χ4n) is 2.53. The minimum Gasteiger partial charge on any atom is -0.317 e. The molecular weight excluding hydrogens is 308 g/mol. The standard InChI is InChI=1S/C13H19BrN4O/c1-10(2)18-12(14)11(8-17-18)7-13(16-9-19)3-5-15-6-4-13/h8,10,15H,3-7H2,1-2H3. The van der Waals surface area contributed by atoms with Crippen LogP contribution < -0.4 is 5.32 Å². The molecule has 2 rings (SSSR count). The van der Waals surface area contributed by atoms with Crippen molar-refractivity contribution in [3.63, 3.8) is 0 Å². The van der Waals surface area contributed by atoms with Gasteiger partial charge >= 0.3 is 0 Å². The highest BCUT2D eigenvalue weighted by Gasteiger charge is 2.33. The van der Waals surface area contributed by atoms with Gasteiger partial charge in [-0.2, -0.15) is 10.1 Å². The van der Waals surface area contributed by atoms with Gasteiger partial charge in [0.15, 0.2) is 0 Å². The molecule has 5 nitrogen and oxygen atoms in total. The fraction of sp³-hybridized carbons (Fsp3) is 0.692. The zero-order chi connectivity index (χ0) is 13.9. The van der Waals surface area contributed by atoms with Gasteiger partial charge in [0.05, 0.1) is 11.7 Å². The van der Waals surface area contributed by atoms with Gasteiger partial charge in [-0.05, 0) is 55.7 Å². The molecule has 0 aliphatic carbocycles. The molecule has 1 N–H and O–H groups in total. The van der Waals surface area contributed by atoms with Crippen LogP contribution in [-0.2, 0) is 11.2 Å². The van der Waals surface area contributed by atoms with Crippen LogP contribution in [0.25, 0.3) is 0 Å². The van der Waals surface area contributed by atoms with Crippen LogP contribution >= 0.6 is 15.9 Å². The van der Waals surface area contributed by atoms with E-state index in [1.807, 2.05) is 10.9 Å². The summed E-state index contributed by atoms with van der Waals surface area (Å²) in [5.41, 5.74) is 0.787. The second-order valence-electron chi connectivity index (χ2n) is 5.35. The Labute approximate surface area is 121 Å². The van der Waals surface area contributed by atoms with Crippen molar-refractivity contribution in [2.75, 3.05) is 13.1 Å². The molecule has 19 heavy (non-hydrogen) atoms. The van der Waals surface area contributed by atoms with Gasteiger partial charge in [-0.1, -0.05) is 0 Å². The topological polar surface area (TPSA) is 59.3 Å². The Morgan fingerprint density at radius 1 is 1.58 bits per heavy atom. The van der Waals surface area contributed by atoms with Gasteiger partial charge in [0.2, 0.25) is 6.08 Å². The predicted molar refractivity (Wildman–Crippen MR) is 77.0 cm³/mol. The Morgan fingerprint density at radius 2 is 2.26 bits per heavy atom. The number of aromatic nitrogens is 2. The number of piperidine rings is 1. The van der Waals surface area contributed by atoms with Crippen molar-refractivity contribution in [1.82, 2.24) is 15.1 Å². The first-order chi connectivity index (χ1) is 9.08. The van der Waals surface area contributed by atoms with Crippen LogP contribution in [0.3, 0.4) is 0 Å². The van der Waals surface area contributed by atoms with Crippen LogP contribution in [0.2, 0.25) is 0 Å². The average Bonchev–Trinajstić information content (AvgIpc) is 2.72. The molecule has 1 aromatic heterocycles. The summed E-state index contributed by atoms with van der Waals surface area (Å²) < 4.78 is 2.93. The second-order valence-corrected chi connectivity index (χ2v) is 6.10. The van der Waals surface area contributed by atoms with E-state index in [1.54, 1.807) is 6.08 Å². The highest BCUT2D eigenvalue weighted by atomic mass is 79.9. The van der Waals surface area contributed by atoms with Crippen LogP contribution in [0.15, 0.2) is 15.8 Å². The maximum Gasteiger partial charge on any atom is 0.235 e. The third-order valence-corrected chi connectivity index (χ3v) is 4.50. The first-order valence-electron chi connectivity index (χ1n) is 6.60. The zero-order valence-corrected chi connectivity index (χ0v) is 12.9. The zero-order valence-electron chi connectivity index (χ0n) is 11.3. The summed E-state index contributed by atoms with van der Waals surface area (Å²) in [5.74, 6) is 0. The van der Waals surface area contributed by atoms with E-state index in [4.69, 9.17) is 0 Å². The summed E-state index contributed by atoms with van der Waals surface area (Å²) in [6.45, 7) is 5.96. The lowest BCUT2D eigenvalue weighted by Crippen LogP contribution is -2.42. The van der Waals surface area contributed by atoms with Crippen molar-refractivity contribution >= 4 is 22.0 Å². The largest absolute Gasteiger partial charge is 0.317 e. The van der Waals surface area contributed by atoms with Gasteiger partial charge in [-0.25, -0.2) is 4.79 Å². The van der Waals surface area contributed by atoms with Gasteiger partial charge in [0.25, 0.3) is 0 Å². The predicted octanol–water partition coefficient (Wildman–Crippen LogP) is 2.23. The maximum atomic E-state index is 10.7. The number of carbonyl (C=O) groups excluding carboxylic acids is 1. The molecule has 0 amide bonds. The van der Waals surface area contributed by atoms with Crippen molar-refractivity contribution in [2.24, 2.45) is 4.99 Å². The van der Waals surface area contributed by atoms with Crippen LogP contribution in [0.4, 0.5) is 0 Å². The van der Waals surface area contributed by atoms with Crippen molar-refractivity contribution in [3.8, 4) is 0 Å². The maximum absolute atomic E-state index is 10.7. The molecule has 0 bridgehead atoms. The number of nitrogens with one attached hydrogen (secondary N) is 1. The summed E-state index contributed by atoms with van der Waals surface area (Å²) in [5, 5.41) is 7.69. The van der Waals surface area contributed by atoms with E-state index >= 15 is 0 Å². The minimum absolute atomic E-state index is 0.307. The van der Waals surface area contributed by atoms with E-state index in [9.17, 15) is 4.79 Å². The molecule has 0 unspecified atom stereocenters. The van der Waals surface area contributed by atoms with E-state index < -0.39 is 0 Å². The van der Waals surface area contributed by atoms with Gasteiger partial charge in [0.1, 0.15) is 4.60 Å². The molecule has 0 spiro atoms. The van der Waals surface area contributed by atoms with E-state index in [1.165, 1.54) is 0 Å². The number of nitrogens with zero attached hydrogens (tertiary/aromatic N) is 3. The molecule has 1 aliphatic heterocycles. The molecule has 0 saturated carbocycles. The Hall–Kier alpha value is -0.970. The van der Waals surface area contributed by atoms with Crippen molar-refractivity contribution in [2.45, 2.75) is 44.7 Å². The second kappa shape index (κ2) is 5.99. The molecule has 1 fully saturated rings. The molecule has 2 heterocycles. The van der Waals surface area contributed by atoms with Crippen molar-refractivity contribution < 1.29 is 4.79 Å². The lowest BCUT2D eigenvalue weighted by atomic mass is 9.84. The summed E-state index contributed by atoms with van der Waals surface area (Å²) in [6, 6.07) is 0.307. The summed E-state index contributed by atoms with van der Waals surface area (Å²) in [6.07, 6.45) is 6.08. The van der Waals surface area contributed by atoms with E-state index in [-0.39, 0.29) is 5.54 Å². The lowest BCUT2D eigenvalue weighted by molar-refractivity contribution is 0.309. The van der Waals surface area contributed by atoms with E-state index in [0.717, 1.165) is 42.5 Å². The average molecular weight is 327 g/mol. The summed E-state index contributed by atoms with van der Waals surface area (Å²) in [7, 11) is 0. The van der Waals surface area contributed by atoms with Gasteiger partial charge < -0.3 is 5.32 Å². The molecule has 0 radical (unpaired) electrons. The van der Waals surface area contributed by atoms with Crippen LogP contribution in [0.5, 0.6) is 0 Å². The van der Waals surface area contributed by atoms with Gasteiger partial charge in [0, 0.05) is 18.0 Å². The molecule has 1 aromatic rings. The number of hydrogen-bond donors (Lipinski definition) is 1. The smallest absolute Gasteiger partial charge is 0.235 e. The van der Waals surface area contributed by atoms with Crippen molar-refractivity contribution in [3.05, 3.63) is 16.4 Å². The third kappa shape index (κ3) is 3.14. The molecular formula is C13H19BrN4O. The molecule has 1 saturated heterocycles. The molecule has 6 heteroatoms. The summed E-state index contributed by atoms with van der Waals surface area (Å²) >= 11 is 3.60. The molecule has 104 valence electrons. The number of hydrogen-bond acceptors (Lipinski definition) is 4. The SMILES string of the molecule is CC(C)n1ncc(CC2(N=C=O)CCNCC2)c1Br. The number of rotatable bonds is 4. The summed E-state index contributed by atoms with van der Waals surface area (Å²) in [4.78, 5) is 14.8. The van der Waals surface area contributed by atoms with Gasteiger partial charge in [-0.15, -0.1) is 0 Å². The third-order valence-electron chi connectivity index (χ3n) is 3.63. The number of halogens is 1. The monoisotopic (exact) mass is 326 g/mol. The van der Waals surface area contributed by atoms with Crippen LogP contribution in [0.1, 0.15) is 38.3 Å². The Balaban J connectivity index is 2.24. The fourth-order valence-corrected chi connectivity index (χ4v) is 3.28. The quantitative estimate of drug-likeness (QED) is 0.681. The van der Waals surface area contributed by atoms with Gasteiger partial charge in [-0.3, -0.25) is 4.68 Å². The van der Waals surface area contributed by atoms with E-state index in [0.29, 0.717) is 6.04 Å². The number of aliphatic imine (C=N–C) groups is 1. The van der Waals surface area contributed by atoms with E-state index in [2.05, 4.69) is 45.2 Å². The lowest BCUT2D eigenvalue weighted by Gasteiger charge is -2.32. The highest BCUT2D eigenvalue weighted by Crippen LogP contribution is 2.31. The molecule has 0 aromatic carbocycles. The Bertz CT molecular complexity index is 485. The van der Waals surface area contributed by atoms with Crippen LogP contribution in [-0.4, -0.2) is 34.5 Å². The molecule has 1 aliphatic rings. The highest BCUT2D eigenvalue weighted by molar-refractivity contribution is 9.10. The number of isocyanates is 1. The van der Waals surface area contributed by atoms with Crippen LogP contribution in [0, 0.1) is 0 Å². The first kappa shape index (κ1) is 14.4.